The first-order valence-electron chi connectivity index (χ1n) is 8.01. The summed E-state index contributed by atoms with van der Waals surface area (Å²) < 4.78 is 0. The predicted molar refractivity (Wildman–Crippen MR) is 92.2 cm³/mol. The molecular formula is C17H20N2O4S. The number of thioether (sulfide) groups is 1. The van der Waals surface area contributed by atoms with Crippen LogP contribution >= 0.6 is 11.8 Å². The highest BCUT2D eigenvalue weighted by atomic mass is 32.2. The Morgan fingerprint density at radius 3 is 2.62 bits per heavy atom. The van der Waals surface area contributed by atoms with Gasteiger partial charge in [0.05, 0.1) is 16.7 Å². The molecule has 0 aromatic heterocycles. The first-order chi connectivity index (χ1) is 11.5. The first kappa shape index (κ1) is 16.8. The number of para-hydroxylation sites is 1. The van der Waals surface area contributed by atoms with Gasteiger partial charge in [-0.3, -0.25) is 14.4 Å². The third-order valence-electron chi connectivity index (χ3n) is 4.41. The molecule has 1 unspecified atom stereocenters. The van der Waals surface area contributed by atoms with Gasteiger partial charge in [-0.15, -0.1) is 0 Å². The Hall–Kier alpha value is -2.02. The summed E-state index contributed by atoms with van der Waals surface area (Å²) in [5.41, 5.74) is -0.172. The summed E-state index contributed by atoms with van der Waals surface area (Å²) in [5.74, 6) is -0.314. The van der Waals surface area contributed by atoms with Crippen molar-refractivity contribution < 1.29 is 19.5 Å². The van der Waals surface area contributed by atoms with Gasteiger partial charge in [-0.05, 0) is 37.1 Å². The molecule has 2 amide bonds. The second kappa shape index (κ2) is 6.84. The lowest BCUT2D eigenvalue weighted by Crippen LogP contribution is -2.35. The molecular weight excluding hydrogens is 328 g/mol. The minimum Gasteiger partial charge on any atom is -0.481 e. The Kier molecular flexibility index (Phi) is 4.80. The molecule has 1 heterocycles. The Balaban J connectivity index is 1.70. The van der Waals surface area contributed by atoms with Gasteiger partial charge in [0.25, 0.3) is 5.91 Å². The smallest absolute Gasteiger partial charge is 0.311 e. The molecule has 1 aromatic rings. The zero-order valence-electron chi connectivity index (χ0n) is 13.2. The maximum Gasteiger partial charge on any atom is 0.311 e. The average Bonchev–Trinajstić information content (AvgIpc) is 3.22. The molecule has 24 heavy (non-hydrogen) atoms. The van der Waals surface area contributed by atoms with E-state index in [-0.39, 0.29) is 24.3 Å². The van der Waals surface area contributed by atoms with Crippen molar-refractivity contribution >= 4 is 35.2 Å². The highest BCUT2D eigenvalue weighted by Crippen LogP contribution is 2.39. The Morgan fingerprint density at radius 2 is 2.00 bits per heavy atom. The summed E-state index contributed by atoms with van der Waals surface area (Å²) in [6.45, 7) is 0. The van der Waals surface area contributed by atoms with Gasteiger partial charge in [0.15, 0.2) is 0 Å². The number of benzene rings is 1. The van der Waals surface area contributed by atoms with Gasteiger partial charge in [0, 0.05) is 18.2 Å². The monoisotopic (exact) mass is 348 g/mol. The summed E-state index contributed by atoms with van der Waals surface area (Å²) in [5, 5.41) is 15.1. The molecule has 1 aliphatic carbocycles. The number of anilines is 1. The highest BCUT2D eigenvalue weighted by Gasteiger charge is 2.43. The maximum atomic E-state index is 12.4. The van der Waals surface area contributed by atoms with Crippen molar-refractivity contribution in [2.24, 2.45) is 5.41 Å². The summed E-state index contributed by atoms with van der Waals surface area (Å²) in [7, 11) is 0. The molecule has 0 bridgehead atoms. The van der Waals surface area contributed by atoms with E-state index in [2.05, 4.69) is 10.6 Å². The Labute approximate surface area is 144 Å². The zero-order chi connectivity index (χ0) is 17.2. The molecule has 0 spiro atoms. The summed E-state index contributed by atoms with van der Waals surface area (Å²) >= 11 is 1.55. The maximum absolute atomic E-state index is 12.4. The number of nitrogens with one attached hydrogen (secondary N) is 2. The molecule has 3 N–H and O–H groups in total. The quantitative estimate of drug-likeness (QED) is 0.732. The number of carboxylic acids is 1. The average molecular weight is 348 g/mol. The van der Waals surface area contributed by atoms with Crippen molar-refractivity contribution in [3.8, 4) is 0 Å². The molecule has 1 saturated carbocycles. The van der Waals surface area contributed by atoms with Gasteiger partial charge in [-0.25, -0.2) is 0 Å². The molecule has 2 fully saturated rings. The van der Waals surface area contributed by atoms with Crippen molar-refractivity contribution in [1.29, 1.82) is 0 Å². The predicted octanol–water partition coefficient (Wildman–Crippen LogP) is 2.12. The number of hydrogen-bond acceptors (Lipinski definition) is 4. The fraction of sp³-hybridized carbons (Fsp3) is 0.471. The van der Waals surface area contributed by atoms with E-state index in [0.29, 0.717) is 23.4 Å². The normalized spacial score (nSPS) is 22.8. The van der Waals surface area contributed by atoms with Crippen molar-refractivity contribution in [3.05, 3.63) is 29.8 Å². The third-order valence-corrected chi connectivity index (χ3v) is 5.66. The topological polar surface area (TPSA) is 95.5 Å². The Morgan fingerprint density at radius 1 is 1.25 bits per heavy atom. The van der Waals surface area contributed by atoms with Crippen LogP contribution in [0.1, 0.15) is 36.0 Å². The fourth-order valence-corrected chi connectivity index (χ4v) is 4.21. The van der Waals surface area contributed by atoms with Gasteiger partial charge in [-0.2, -0.15) is 11.8 Å². The van der Waals surface area contributed by atoms with E-state index in [1.807, 2.05) is 0 Å². The van der Waals surface area contributed by atoms with Crippen LogP contribution < -0.4 is 10.6 Å². The lowest BCUT2D eigenvalue weighted by atomic mass is 9.84. The van der Waals surface area contributed by atoms with E-state index in [1.54, 1.807) is 36.0 Å². The number of rotatable bonds is 6. The molecule has 1 atom stereocenters. The largest absolute Gasteiger partial charge is 0.481 e. The lowest BCUT2D eigenvalue weighted by Gasteiger charge is -2.22. The molecule has 1 aliphatic heterocycles. The minimum atomic E-state index is -1.00. The van der Waals surface area contributed by atoms with Gasteiger partial charge in [0.2, 0.25) is 5.91 Å². The fourth-order valence-electron chi connectivity index (χ4n) is 2.77. The number of hydrogen-bond donors (Lipinski definition) is 3. The van der Waals surface area contributed by atoms with Crippen LogP contribution in [0.25, 0.3) is 0 Å². The van der Waals surface area contributed by atoms with E-state index in [9.17, 15) is 19.5 Å². The van der Waals surface area contributed by atoms with Crippen molar-refractivity contribution in [2.75, 3.05) is 16.8 Å². The Bertz CT molecular complexity index is 666. The second-order valence-electron chi connectivity index (χ2n) is 6.41. The molecule has 3 rings (SSSR count). The number of amides is 2. The molecule has 1 aromatic carbocycles. The van der Waals surface area contributed by atoms with Crippen molar-refractivity contribution in [1.82, 2.24) is 5.32 Å². The van der Waals surface area contributed by atoms with Crippen LogP contribution in [0.2, 0.25) is 0 Å². The molecule has 2 aliphatic rings. The van der Waals surface area contributed by atoms with Crippen LogP contribution in [0.3, 0.4) is 0 Å². The number of aliphatic carboxylic acids is 1. The van der Waals surface area contributed by atoms with Crippen LogP contribution in [0.15, 0.2) is 24.3 Å². The molecule has 7 heteroatoms. The molecule has 128 valence electrons. The number of carboxylic acid groups (broad SMARTS) is 1. The highest BCUT2D eigenvalue weighted by molar-refractivity contribution is 7.99. The molecule has 1 saturated heterocycles. The summed E-state index contributed by atoms with van der Waals surface area (Å²) in [6, 6.07) is 7.03. The standard InChI is InChI=1S/C17H20N2O4S/c20-14(9-17(16(22)23)7-8-24-10-17)19-13-4-2-1-3-12(13)15(21)18-11-5-6-11/h1-4,11H,5-10H2,(H,18,21)(H,19,20)(H,22,23). The lowest BCUT2D eigenvalue weighted by molar-refractivity contribution is -0.149. The van der Waals surface area contributed by atoms with E-state index in [4.69, 9.17) is 0 Å². The van der Waals surface area contributed by atoms with E-state index in [1.165, 1.54) is 0 Å². The zero-order valence-corrected chi connectivity index (χ0v) is 14.0. The number of carbonyl (C=O) groups is 3. The van der Waals surface area contributed by atoms with Crippen molar-refractivity contribution in [3.63, 3.8) is 0 Å². The van der Waals surface area contributed by atoms with Crippen LogP contribution in [0.4, 0.5) is 5.69 Å². The summed E-state index contributed by atoms with van der Waals surface area (Å²) in [4.78, 5) is 36.2. The van der Waals surface area contributed by atoms with Gasteiger partial charge >= 0.3 is 5.97 Å². The number of carbonyl (C=O) groups excluding carboxylic acids is 2. The minimum absolute atomic E-state index is 0.0755. The van der Waals surface area contributed by atoms with Crippen LogP contribution in [-0.4, -0.2) is 40.4 Å². The van der Waals surface area contributed by atoms with Gasteiger partial charge in [0.1, 0.15) is 0 Å². The van der Waals surface area contributed by atoms with Crippen molar-refractivity contribution in [2.45, 2.75) is 31.7 Å². The van der Waals surface area contributed by atoms with Crippen LogP contribution in [0.5, 0.6) is 0 Å². The van der Waals surface area contributed by atoms with Gasteiger partial charge in [-0.1, -0.05) is 12.1 Å². The summed E-state index contributed by atoms with van der Waals surface area (Å²) in [6.07, 6.45) is 2.39. The van der Waals surface area contributed by atoms with E-state index in [0.717, 1.165) is 18.6 Å². The SMILES string of the molecule is O=C(CC1(C(=O)O)CCSC1)Nc1ccccc1C(=O)NC1CC1. The van der Waals surface area contributed by atoms with E-state index >= 15 is 0 Å². The first-order valence-corrected chi connectivity index (χ1v) is 9.16. The molecule has 0 radical (unpaired) electrons. The molecule has 6 nitrogen and oxygen atoms in total. The van der Waals surface area contributed by atoms with E-state index < -0.39 is 11.4 Å². The van der Waals surface area contributed by atoms with Crippen LogP contribution in [0, 0.1) is 5.41 Å². The van der Waals surface area contributed by atoms with Gasteiger partial charge < -0.3 is 15.7 Å². The second-order valence-corrected chi connectivity index (χ2v) is 7.51. The third kappa shape index (κ3) is 3.72. The van der Waals surface area contributed by atoms with Crippen LogP contribution in [-0.2, 0) is 9.59 Å².